The fraction of sp³-hybridized carbons (Fsp3) is 0.778. The first-order valence-corrected chi connectivity index (χ1v) is 4.66. The fourth-order valence-electron chi connectivity index (χ4n) is 1.05. The number of carbonyl (C=O) groups is 2. The summed E-state index contributed by atoms with van der Waals surface area (Å²) >= 11 is 0. The number of amides is 1. The first-order valence-electron chi connectivity index (χ1n) is 4.66. The Labute approximate surface area is 83.9 Å². The summed E-state index contributed by atoms with van der Waals surface area (Å²) in [6.45, 7) is 3.38. The van der Waals surface area contributed by atoms with Gasteiger partial charge in [-0.05, 0) is 13.3 Å². The van der Waals surface area contributed by atoms with Crippen LogP contribution < -0.4 is 5.73 Å². The molecule has 0 rings (SSSR count). The van der Waals surface area contributed by atoms with Crippen molar-refractivity contribution in [2.45, 2.75) is 38.8 Å². The molecule has 1 amide bonds. The van der Waals surface area contributed by atoms with E-state index >= 15 is 0 Å². The average molecular weight is 202 g/mol. The van der Waals surface area contributed by atoms with Crippen LogP contribution in [0, 0.1) is 0 Å². The van der Waals surface area contributed by atoms with Gasteiger partial charge in [-0.1, -0.05) is 13.3 Å². The Kier molecular flexibility index (Phi) is 5.15. The van der Waals surface area contributed by atoms with Crippen molar-refractivity contribution >= 4 is 11.9 Å². The molecule has 5 heteroatoms. The van der Waals surface area contributed by atoms with Gasteiger partial charge in [0.2, 0.25) is 5.91 Å². The molecule has 5 nitrogen and oxygen atoms in total. The SMILES string of the molecule is CCC[C@@H](N)C(=O)N(C)C(C)C(=O)O. The summed E-state index contributed by atoms with van der Waals surface area (Å²) in [5.74, 6) is -1.34. The Morgan fingerprint density at radius 2 is 2.00 bits per heavy atom. The summed E-state index contributed by atoms with van der Waals surface area (Å²) in [6, 6.07) is -1.42. The second-order valence-electron chi connectivity index (χ2n) is 3.36. The Hall–Kier alpha value is -1.10. The molecule has 0 aliphatic carbocycles. The van der Waals surface area contributed by atoms with Gasteiger partial charge in [0.1, 0.15) is 6.04 Å². The predicted octanol–water partition coefficient (Wildman–Crippen LogP) is 0.0453. The zero-order chi connectivity index (χ0) is 11.3. The van der Waals surface area contributed by atoms with Crippen molar-refractivity contribution in [3.63, 3.8) is 0 Å². The van der Waals surface area contributed by atoms with Crippen LogP contribution in [0.4, 0.5) is 0 Å². The van der Waals surface area contributed by atoms with Gasteiger partial charge in [-0.2, -0.15) is 0 Å². The van der Waals surface area contributed by atoms with E-state index in [1.54, 1.807) is 0 Å². The van der Waals surface area contributed by atoms with Crippen LogP contribution in [0.1, 0.15) is 26.7 Å². The van der Waals surface area contributed by atoms with E-state index in [0.29, 0.717) is 6.42 Å². The van der Waals surface area contributed by atoms with Crippen LogP contribution in [0.5, 0.6) is 0 Å². The summed E-state index contributed by atoms with van der Waals surface area (Å²) in [6.07, 6.45) is 1.39. The lowest BCUT2D eigenvalue weighted by Gasteiger charge is -2.24. The van der Waals surface area contributed by atoms with Crippen LogP contribution in [-0.2, 0) is 9.59 Å². The van der Waals surface area contributed by atoms with Gasteiger partial charge >= 0.3 is 5.97 Å². The zero-order valence-electron chi connectivity index (χ0n) is 8.86. The molecule has 0 fully saturated rings. The highest BCUT2D eigenvalue weighted by molar-refractivity contribution is 5.86. The molecule has 0 radical (unpaired) electrons. The molecule has 0 aromatic carbocycles. The minimum Gasteiger partial charge on any atom is -0.480 e. The van der Waals surface area contributed by atoms with Crippen LogP contribution in [0.15, 0.2) is 0 Å². The number of carboxylic acid groups (broad SMARTS) is 1. The fourth-order valence-corrected chi connectivity index (χ4v) is 1.05. The van der Waals surface area contributed by atoms with Crippen LogP contribution in [0.2, 0.25) is 0 Å². The molecule has 0 saturated carbocycles. The van der Waals surface area contributed by atoms with E-state index in [4.69, 9.17) is 10.8 Å². The molecule has 0 aliphatic rings. The number of hydrogen-bond donors (Lipinski definition) is 2. The highest BCUT2D eigenvalue weighted by Crippen LogP contribution is 2.02. The third-order valence-corrected chi connectivity index (χ3v) is 2.20. The zero-order valence-corrected chi connectivity index (χ0v) is 8.86. The second kappa shape index (κ2) is 5.59. The molecular weight excluding hydrogens is 184 g/mol. The molecular formula is C9H18N2O3. The molecule has 14 heavy (non-hydrogen) atoms. The van der Waals surface area contributed by atoms with Crippen molar-refractivity contribution in [2.24, 2.45) is 5.73 Å². The lowest BCUT2D eigenvalue weighted by atomic mass is 10.1. The Bertz CT molecular complexity index is 218. The maximum Gasteiger partial charge on any atom is 0.326 e. The molecule has 82 valence electrons. The molecule has 0 aromatic rings. The first-order chi connectivity index (χ1) is 6.41. The van der Waals surface area contributed by atoms with Gasteiger partial charge in [0, 0.05) is 7.05 Å². The van der Waals surface area contributed by atoms with E-state index in [9.17, 15) is 9.59 Å². The van der Waals surface area contributed by atoms with Gasteiger partial charge in [-0.15, -0.1) is 0 Å². The number of rotatable bonds is 5. The summed E-state index contributed by atoms with van der Waals surface area (Å²) in [5.41, 5.74) is 5.58. The van der Waals surface area contributed by atoms with Crippen LogP contribution in [-0.4, -0.2) is 41.0 Å². The topological polar surface area (TPSA) is 83.6 Å². The largest absolute Gasteiger partial charge is 0.480 e. The second-order valence-corrected chi connectivity index (χ2v) is 3.36. The summed E-state index contributed by atoms with van der Waals surface area (Å²) in [4.78, 5) is 23.3. The van der Waals surface area contributed by atoms with Gasteiger partial charge in [0.25, 0.3) is 0 Å². The Morgan fingerprint density at radius 1 is 1.50 bits per heavy atom. The lowest BCUT2D eigenvalue weighted by Crippen LogP contribution is -2.48. The molecule has 0 aromatic heterocycles. The number of carbonyl (C=O) groups excluding carboxylic acids is 1. The smallest absolute Gasteiger partial charge is 0.326 e. The van der Waals surface area contributed by atoms with Gasteiger partial charge in [0.05, 0.1) is 6.04 Å². The summed E-state index contributed by atoms with van der Waals surface area (Å²) in [7, 11) is 1.46. The third kappa shape index (κ3) is 3.33. The van der Waals surface area contributed by atoms with Gasteiger partial charge < -0.3 is 15.7 Å². The minimum atomic E-state index is -1.02. The predicted molar refractivity (Wildman–Crippen MR) is 52.8 cm³/mol. The maximum absolute atomic E-state index is 11.5. The van der Waals surface area contributed by atoms with E-state index < -0.39 is 18.1 Å². The monoisotopic (exact) mass is 202 g/mol. The molecule has 0 saturated heterocycles. The number of aliphatic carboxylic acids is 1. The van der Waals surface area contributed by atoms with E-state index in [-0.39, 0.29) is 5.91 Å². The van der Waals surface area contributed by atoms with Crippen molar-refractivity contribution in [1.82, 2.24) is 4.90 Å². The van der Waals surface area contributed by atoms with Gasteiger partial charge in [0.15, 0.2) is 0 Å². The first kappa shape index (κ1) is 12.9. The van der Waals surface area contributed by atoms with Crippen LogP contribution in [0.3, 0.4) is 0 Å². The van der Waals surface area contributed by atoms with Crippen LogP contribution >= 0.6 is 0 Å². The van der Waals surface area contributed by atoms with Crippen molar-refractivity contribution in [3.05, 3.63) is 0 Å². The molecule has 3 N–H and O–H groups in total. The van der Waals surface area contributed by atoms with Crippen molar-refractivity contribution in [3.8, 4) is 0 Å². The third-order valence-electron chi connectivity index (χ3n) is 2.20. The lowest BCUT2D eigenvalue weighted by molar-refractivity contribution is -0.148. The number of hydrogen-bond acceptors (Lipinski definition) is 3. The van der Waals surface area contributed by atoms with E-state index in [2.05, 4.69) is 0 Å². The Balaban J connectivity index is 4.30. The molecule has 1 unspecified atom stereocenters. The van der Waals surface area contributed by atoms with E-state index in [1.807, 2.05) is 6.92 Å². The highest BCUT2D eigenvalue weighted by Gasteiger charge is 2.25. The van der Waals surface area contributed by atoms with Gasteiger partial charge in [-0.25, -0.2) is 4.79 Å². The molecule has 0 bridgehead atoms. The van der Waals surface area contributed by atoms with Crippen molar-refractivity contribution in [1.29, 1.82) is 0 Å². The van der Waals surface area contributed by atoms with Crippen molar-refractivity contribution in [2.75, 3.05) is 7.05 Å². The molecule has 0 spiro atoms. The van der Waals surface area contributed by atoms with E-state index in [0.717, 1.165) is 6.42 Å². The van der Waals surface area contributed by atoms with Crippen molar-refractivity contribution < 1.29 is 14.7 Å². The Morgan fingerprint density at radius 3 is 2.36 bits per heavy atom. The van der Waals surface area contributed by atoms with E-state index in [1.165, 1.54) is 18.9 Å². The number of carboxylic acids is 1. The maximum atomic E-state index is 11.5. The van der Waals surface area contributed by atoms with Crippen LogP contribution in [0.25, 0.3) is 0 Å². The average Bonchev–Trinajstić information content (AvgIpc) is 2.14. The molecule has 0 heterocycles. The quantitative estimate of drug-likeness (QED) is 0.659. The standard InChI is InChI=1S/C9H18N2O3/c1-4-5-7(10)8(12)11(3)6(2)9(13)14/h6-7H,4-5,10H2,1-3H3,(H,13,14)/t6?,7-/m1/s1. The molecule has 0 aliphatic heterocycles. The number of nitrogens with zero attached hydrogens (tertiary/aromatic N) is 1. The number of likely N-dealkylation sites (N-methyl/N-ethyl adjacent to an activating group) is 1. The number of nitrogens with two attached hydrogens (primary N) is 1. The summed E-state index contributed by atoms with van der Waals surface area (Å²) in [5, 5.41) is 8.68. The summed E-state index contributed by atoms with van der Waals surface area (Å²) < 4.78 is 0. The van der Waals surface area contributed by atoms with Gasteiger partial charge in [-0.3, -0.25) is 4.79 Å². The minimum absolute atomic E-state index is 0.318. The normalized spacial score (nSPS) is 14.6. The highest BCUT2D eigenvalue weighted by atomic mass is 16.4. The molecule has 2 atom stereocenters.